The van der Waals surface area contributed by atoms with Crippen LogP contribution < -0.4 is 16.1 Å². The summed E-state index contributed by atoms with van der Waals surface area (Å²) in [5.74, 6) is 0.518. The summed E-state index contributed by atoms with van der Waals surface area (Å²) in [6, 6.07) is 7.44. The highest BCUT2D eigenvalue weighted by atomic mass is 35.5. The van der Waals surface area contributed by atoms with E-state index in [1.807, 2.05) is 57.2 Å². The molecule has 1 aliphatic heterocycles. The van der Waals surface area contributed by atoms with Crippen LogP contribution in [-0.4, -0.2) is 4.98 Å². The molecule has 1 aliphatic rings. The second-order valence-electron chi connectivity index (χ2n) is 7.84. The van der Waals surface area contributed by atoms with Crippen molar-refractivity contribution in [2.75, 3.05) is 5.32 Å². The number of benzene rings is 1. The van der Waals surface area contributed by atoms with Crippen molar-refractivity contribution in [3.63, 3.8) is 0 Å². The summed E-state index contributed by atoms with van der Waals surface area (Å²) in [4.78, 5) is 17.6. The summed E-state index contributed by atoms with van der Waals surface area (Å²) < 4.78 is 6.37. The van der Waals surface area contributed by atoms with Gasteiger partial charge in [-0.1, -0.05) is 30.3 Å². The number of anilines is 1. The molecule has 0 saturated heterocycles. The minimum absolute atomic E-state index is 0.0411. The molecule has 1 aromatic carbocycles. The third-order valence-corrected chi connectivity index (χ3v) is 5.59. The number of aryl methyl sites for hydroxylation is 2. The molecule has 31 heavy (non-hydrogen) atoms. The zero-order valence-electron chi connectivity index (χ0n) is 18.0. The van der Waals surface area contributed by atoms with Crippen molar-refractivity contribution in [3.8, 4) is 0 Å². The smallest absolute Gasteiger partial charge is 0.196 e. The first-order chi connectivity index (χ1) is 14.7. The number of nitrogens with zero attached hydrogens (tertiary/aromatic N) is 1. The standard InChI is InChI=1S/C25H24ClN3O2/c1-13-11-18(16(4)28-20-9-10-22(26)29-17(20)5)25-19(12-13)23(30)15(3)24(31-25)21-8-6-7-14(2)27-21/h6-12,16,27-28H,2H2,1,3-5H3/t16-/m1/s1. The molecule has 0 aliphatic carbocycles. The summed E-state index contributed by atoms with van der Waals surface area (Å²) in [5, 5.41) is 7.68. The van der Waals surface area contributed by atoms with Crippen LogP contribution in [0.2, 0.25) is 5.15 Å². The van der Waals surface area contributed by atoms with Gasteiger partial charge in [0.25, 0.3) is 0 Å². The number of hydrogen-bond acceptors (Lipinski definition) is 5. The SMILES string of the molecule is C=C1C=CC=C(c2oc3c([C@@H](C)Nc4ccc(Cl)nc4C)cc(C)cc3c(=O)c2C)N1. The highest BCUT2D eigenvalue weighted by Crippen LogP contribution is 2.31. The van der Waals surface area contributed by atoms with Crippen LogP contribution in [0.25, 0.3) is 16.7 Å². The molecule has 2 N–H and O–H groups in total. The van der Waals surface area contributed by atoms with E-state index in [1.54, 1.807) is 13.0 Å². The second-order valence-corrected chi connectivity index (χ2v) is 8.23. The highest BCUT2D eigenvalue weighted by Gasteiger charge is 2.20. The van der Waals surface area contributed by atoms with E-state index < -0.39 is 0 Å². The lowest BCUT2D eigenvalue weighted by atomic mass is 9.99. The van der Waals surface area contributed by atoms with Crippen LogP contribution in [0.1, 0.15) is 41.1 Å². The molecule has 0 bridgehead atoms. The maximum Gasteiger partial charge on any atom is 0.196 e. The van der Waals surface area contributed by atoms with Gasteiger partial charge in [0.2, 0.25) is 0 Å². The molecule has 3 aromatic rings. The average Bonchev–Trinajstić information content (AvgIpc) is 2.72. The molecule has 4 rings (SSSR count). The van der Waals surface area contributed by atoms with Crippen LogP contribution >= 0.6 is 11.6 Å². The van der Waals surface area contributed by atoms with Crippen LogP contribution in [0.15, 0.2) is 64.0 Å². The minimum Gasteiger partial charge on any atom is -0.454 e. The third-order valence-electron chi connectivity index (χ3n) is 5.38. The second kappa shape index (κ2) is 8.08. The first-order valence-electron chi connectivity index (χ1n) is 10.1. The monoisotopic (exact) mass is 433 g/mol. The van der Waals surface area contributed by atoms with Crippen molar-refractivity contribution in [1.29, 1.82) is 0 Å². The largest absolute Gasteiger partial charge is 0.454 e. The average molecular weight is 434 g/mol. The molecular weight excluding hydrogens is 410 g/mol. The molecule has 0 unspecified atom stereocenters. The predicted molar refractivity (Wildman–Crippen MR) is 127 cm³/mol. The Morgan fingerprint density at radius 1 is 1.23 bits per heavy atom. The van der Waals surface area contributed by atoms with Gasteiger partial charge in [0.05, 0.1) is 28.5 Å². The summed E-state index contributed by atoms with van der Waals surface area (Å²) in [7, 11) is 0. The number of pyridine rings is 1. The first kappa shape index (κ1) is 20.9. The molecule has 0 saturated carbocycles. The van der Waals surface area contributed by atoms with Gasteiger partial charge in [-0.05, 0) is 63.6 Å². The number of fused-ring (bicyclic) bond motifs is 1. The van der Waals surface area contributed by atoms with Gasteiger partial charge in [0.1, 0.15) is 10.7 Å². The van der Waals surface area contributed by atoms with Crippen molar-refractivity contribution >= 4 is 34.0 Å². The van der Waals surface area contributed by atoms with E-state index in [0.717, 1.165) is 28.2 Å². The molecule has 0 radical (unpaired) electrons. The normalized spacial score (nSPS) is 14.4. The van der Waals surface area contributed by atoms with Gasteiger partial charge in [-0.2, -0.15) is 0 Å². The van der Waals surface area contributed by atoms with Gasteiger partial charge in [0, 0.05) is 16.8 Å². The topological polar surface area (TPSA) is 67.2 Å². The number of rotatable bonds is 4. The highest BCUT2D eigenvalue weighted by molar-refractivity contribution is 6.29. The fourth-order valence-electron chi connectivity index (χ4n) is 3.79. The summed E-state index contributed by atoms with van der Waals surface area (Å²) in [6.07, 6.45) is 5.62. The van der Waals surface area contributed by atoms with Crippen LogP contribution in [0, 0.1) is 20.8 Å². The Morgan fingerprint density at radius 3 is 2.71 bits per heavy atom. The van der Waals surface area contributed by atoms with Crippen molar-refractivity contribution < 1.29 is 4.42 Å². The number of nitrogens with one attached hydrogen (secondary N) is 2. The van der Waals surface area contributed by atoms with Crippen molar-refractivity contribution in [2.24, 2.45) is 0 Å². The van der Waals surface area contributed by atoms with Crippen LogP contribution in [0.5, 0.6) is 0 Å². The van der Waals surface area contributed by atoms with E-state index in [0.29, 0.717) is 33.1 Å². The number of hydrogen-bond donors (Lipinski definition) is 2. The molecule has 2 aromatic heterocycles. The Bertz CT molecular complexity index is 1330. The molecule has 5 nitrogen and oxygen atoms in total. The number of halogens is 1. The van der Waals surface area contributed by atoms with Crippen molar-refractivity contribution in [2.45, 2.75) is 33.7 Å². The van der Waals surface area contributed by atoms with Crippen molar-refractivity contribution in [1.82, 2.24) is 10.3 Å². The molecule has 6 heteroatoms. The van der Waals surface area contributed by atoms with Gasteiger partial charge < -0.3 is 15.1 Å². The lowest BCUT2D eigenvalue weighted by Gasteiger charge is -2.20. The molecule has 3 heterocycles. The molecular formula is C25H24ClN3O2. The summed E-state index contributed by atoms with van der Waals surface area (Å²) in [6.45, 7) is 11.6. The van der Waals surface area contributed by atoms with E-state index in [2.05, 4.69) is 22.2 Å². The van der Waals surface area contributed by atoms with Gasteiger partial charge >= 0.3 is 0 Å². The van der Waals surface area contributed by atoms with E-state index in [9.17, 15) is 4.79 Å². The molecule has 0 spiro atoms. The molecule has 0 fully saturated rings. The zero-order valence-corrected chi connectivity index (χ0v) is 18.7. The first-order valence-corrected chi connectivity index (χ1v) is 10.4. The molecule has 158 valence electrons. The van der Waals surface area contributed by atoms with E-state index in [-0.39, 0.29) is 11.5 Å². The molecule has 1 atom stereocenters. The van der Waals surface area contributed by atoms with E-state index in [4.69, 9.17) is 16.0 Å². The van der Waals surface area contributed by atoms with Gasteiger partial charge in [-0.25, -0.2) is 4.98 Å². The molecule has 0 amide bonds. The van der Waals surface area contributed by atoms with Gasteiger partial charge in [-0.3, -0.25) is 4.79 Å². The fourth-order valence-corrected chi connectivity index (χ4v) is 3.98. The number of dihydropyridines is 1. The Balaban J connectivity index is 1.87. The predicted octanol–water partition coefficient (Wildman–Crippen LogP) is 5.95. The zero-order chi connectivity index (χ0) is 22.3. The summed E-state index contributed by atoms with van der Waals surface area (Å²) >= 11 is 5.99. The Morgan fingerprint density at radius 2 is 2.00 bits per heavy atom. The van der Waals surface area contributed by atoms with Crippen molar-refractivity contribution in [3.05, 3.63) is 98.3 Å². The lowest BCUT2D eigenvalue weighted by molar-refractivity contribution is 0.569. The Hall–Kier alpha value is -3.31. The fraction of sp³-hybridized carbons (Fsp3) is 0.200. The van der Waals surface area contributed by atoms with Gasteiger partial charge in [0.15, 0.2) is 11.2 Å². The Labute approximate surface area is 186 Å². The van der Waals surface area contributed by atoms with E-state index >= 15 is 0 Å². The quantitative estimate of drug-likeness (QED) is 0.497. The number of aromatic nitrogens is 1. The van der Waals surface area contributed by atoms with Crippen LogP contribution in [0.4, 0.5) is 5.69 Å². The third kappa shape index (κ3) is 4.01. The summed E-state index contributed by atoms with van der Waals surface area (Å²) in [5.41, 5.74) is 6.11. The lowest BCUT2D eigenvalue weighted by Crippen LogP contribution is -2.18. The van der Waals surface area contributed by atoms with Crippen LogP contribution in [-0.2, 0) is 0 Å². The van der Waals surface area contributed by atoms with Gasteiger partial charge in [-0.15, -0.1) is 0 Å². The maximum absolute atomic E-state index is 13.2. The Kier molecular flexibility index (Phi) is 5.46. The van der Waals surface area contributed by atoms with E-state index in [1.165, 1.54) is 0 Å². The number of allylic oxidation sites excluding steroid dienone is 3. The van der Waals surface area contributed by atoms with Crippen LogP contribution in [0.3, 0.4) is 0 Å². The minimum atomic E-state index is -0.133. The maximum atomic E-state index is 13.2.